The van der Waals surface area contributed by atoms with Gasteiger partial charge in [0.2, 0.25) is 5.91 Å². The van der Waals surface area contributed by atoms with Crippen LogP contribution in [0.5, 0.6) is 0 Å². The second-order valence-corrected chi connectivity index (χ2v) is 5.65. The lowest BCUT2D eigenvalue weighted by Crippen LogP contribution is -2.50. The van der Waals surface area contributed by atoms with Gasteiger partial charge < -0.3 is 21.5 Å². The number of nitrogens with two attached hydrogens (primary N) is 1. The first-order valence-corrected chi connectivity index (χ1v) is 7.73. The molecule has 0 fully saturated rings. The first-order chi connectivity index (χ1) is 11.9. The molecular weight excluding hydrogens is 325 g/mol. The maximum atomic E-state index is 12.9. The summed E-state index contributed by atoms with van der Waals surface area (Å²) in [7, 11) is 0. The molecule has 0 aliphatic carbocycles. The third kappa shape index (κ3) is 5.29. The van der Waals surface area contributed by atoms with Crippen molar-refractivity contribution in [1.82, 2.24) is 5.32 Å². The molecule has 25 heavy (non-hydrogen) atoms. The van der Waals surface area contributed by atoms with Gasteiger partial charge in [-0.15, -0.1) is 0 Å². The quantitative estimate of drug-likeness (QED) is 0.609. The van der Waals surface area contributed by atoms with Crippen LogP contribution in [0.3, 0.4) is 0 Å². The van der Waals surface area contributed by atoms with Crippen molar-refractivity contribution in [1.29, 1.82) is 0 Å². The van der Waals surface area contributed by atoms with E-state index in [1.54, 1.807) is 36.4 Å². The van der Waals surface area contributed by atoms with Crippen molar-refractivity contribution in [3.05, 3.63) is 65.5 Å². The van der Waals surface area contributed by atoms with Crippen molar-refractivity contribution in [3.63, 3.8) is 0 Å². The monoisotopic (exact) mass is 345 g/mol. The second kappa shape index (κ2) is 8.25. The number of halogens is 1. The molecule has 0 aliphatic rings. The zero-order valence-corrected chi connectivity index (χ0v) is 13.7. The van der Waals surface area contributed by atoms with Crippen LogP contribution < -0.4 is 16.4 Å². The van der Waals surface area contributed by atoms with E-state index in [0.717, 1.165) is 5.56 Å². The molecule has 5 N–H and O–H groups in total. The standard InChI is InChI=1S/C18H20FN3O3/c1-11(23)16(17(20)24)22-18(25)13-3-2-4-15(9-13)21-10-12-5-7-14(19)8-6-12/h2-9,11,16,21,23H,10H2,1H3,(H2,20,24)(H,22,25)/t11-,16+/m1/s1. The van der Waals surface area contributed by atoms with Gasteiger partial charge in [-0.3, -0.25) is 9.59 Å². The Morgan fingerprint density at radius 3 is 2.48 bits per heavy atom. The molecule has 2 aromatic rings. The van der Waals surface area contributed by atoms with Gasteiger partial charge in [-0.1, -0.05) is 18.2 Å². The van der Waals surface area contributed by atoms with Crippen LogP contribution in [0.15, 0.2) is 48.5 Å². The van der Waals surface area contributed by atoms with Crippen LogP contribution in [0.25, 0.3) is 0 Å². The Balaban J connectivity index is 2.03. The summed E-state index contributed by atoms with van der Waals surface area (Å²) in [4.78, 5) is 23.5. The topological polar surface area (TPSA) is 104 Å². The number of carbonyl (C=O) groups excluding carboxylic acids is 2. The first-order valence-electron chi connectivity index (χ1n) is 7.73. The fourth-order valence-corrected chi connectivity index (χ4v) is 2.23. The number of anilines is 1. The highest BCUT2D eigenvalue weighted by Crippen LogP contribution is 2.13. The van der Waals surface area contributed by atoms with Gasteiger partial charge in [-0.05, 0) is 42.8 Å². The smallest absolute Gasteiger partial charge is 0.252 e. The summed E-state index contributed by atoms with van der Waals surface area (Å²) in [6.07, 6.45) is -1.10. The summed E-state index contributed by atoms with van der Waals surface area (Å²) < 4.78 is 12.9. The minimum absolute atomic E-state index is 0.301. The molecule has 0 saturated heterocycles. The van der Waals surface area contributed by atoms with Crippen molar-refractivity contribution < 1.29 is 19.1 Å². The van der Waals surface area contributed by atoms with Crippen molar-refractivity contribution in [2.45, 2.75) is 25.6 Å². The molecule has 0 radical (unpaired) electrons. The minimum Gasteiger partial charge on any atom is -0.391 e. The number of aliphatic hydroxyl groups is 1. The van der Waals surface area contributed by atoms with E-state index < -0.39 is 24.0 Å². The van der Waals surface area contributed by atoms with Gasteiger partial charge in [-0.25, -0.2) is 4.39 Å². The molecule has 2 aromatic carbocycles. The molecule has 0 aliphatic heterocycles. The number of aliphatic hydroxyl groups excluding tert-OH is 1. The van der Waals surface area contributed by atoms with E-state index in [1.807, 2.05) is 0 Å². The van der Waals surface area contributed by atoms with Crippen LogP contribution in [-0.2, 0) is 11.3 Å². The van der Waals surface area contributed by atoms with Crippen LogP contribution in [0.2, 0.25) is 0 Å². The van der Waals surface area contributed by atoms with Gasteiger partial charge in [0.25, 0.3) is 5.91 Å². The Morgan fingerprint density at radius 1 is 1.20 bits per heavy atom. The van der Waals surface area contributed by atoms with E-state index in [4.69, 9.17) is 5.73 Å². The van der Waals surface area contributed by atoms with Crippen LogP contribution in [-0.4, -0.2) is 29.1 Å². The number of nitrogens with one attached hydrogen (secondary N) is 2. The SMILES string of the molecule is C[C@@H](O)[C@H](NC(=O)c1cccc(NCc2ccc(F)cc2)c1)C(N)=O. The lowest BCUT2D eigenvalue weighted by molar-refractivity contribution is -0.122. The average molecular weight is 345 g/mol. The number of carbonyl (C=O) groups is 2. The minimum atomic E-state index is -1.16. The van der Waals surface area contributed by atoms with Crippen molar-refractivity contribution in [2.24, 2.45) is 5.73 Å². The van der Waals surface area contributed by atoms with Crippen molar-refractivity contribution in [2.75, 3.05) is 5.32 Å². The second-order valence-electron chi connectivity index (χ2n) is 5.65. The maximum Gasteiger partial charge on any atom is 0.252 e. The van der Waals surface area contributed by atoms with Crippen LogP contribution in [0, 0.1) is 5.82 Å². The summed E-state index contributed by atoms with van der Waals surface area (Å²) in [5.74, 6) is -1.63. The summed E-state index contributed by atoms with van der Waals surface area (Å²) in [5.41, 5.74) is 7.05. The predicted octanol–water partition coefficient (Wildman–Crippen LogP) is 1.40. The number of hydrogen-bond acceptors (Lipinski definition) is 4. The molecule has 0 saturated carbocycles. The zero-order chi connectivity index (χ0) is 18.4. The number of hydrogen-bond donors (Lipinski definition) is 4. The third-order valence-electron chi connectivity index (χ3n) is 3.61. The molecule has 7 heteroatoms. The van der Waals surface area contributed by atoms with E-state index in [2.05, 4.69) is 10.6 Å². The highest BCUT2D eigenvalue weighted by molar-refractivity contribution is 5.98. The van der Waals surface area contributed by atoms with E-state index in [1.165, 1.54) is 19.1 Å². The predicted molar refractivity (Wildman–Crippen MR) is 92.3 cm³/mol. The Kier molecular flexibility index (Phi) is 6.08. The van der Waals surface area contributed by atoms with Gasteiger partial charge in [0.05, 0.1) is 6.10 Å². The molecule has 2 rings (SSSR count). The lowest BCUT2D eigenvalue weighted by atomic mass is 10.1. The molecule has 132 valence electrons. The highest BCUT2D eigenvalue weighted by Gasteiger charge is 2.23. The number of rotatable bonds is 7. The average Bonchev–Trinajstić information content (AvgIpc) is 2.58. The highest BCUT2D eigenvalue weighted by atomic mass is 19.1. The summed E-state index contributed by atoms with van der Waals surface area (Å²) in [6, 6.07) is 11.6. The van der Waals surface area contributed by atoms with Gasteiger partial charge in [-0.2, -0.15) is 0 Å². The molecule has 0 unspecified atom stereocenters. The van der Waals surface area contributed by atoms with E-state index in [9.17, 15) is 19.1 Å². The lowest BCUT2D eigenvalue weighted by Gasteiger charge is -2.18. The number of amides is 2. The third-order valence-corrected chi connectivity index (χ3v) is 3.61. The molecule has 2 atom stereocenters. The Hall–Kier alpha value is -2.93. The fraction of sp³-hybridized carbons (Fsp3) is 0.222. The Bertz CT molecular complexity index is 747. The van der Waals surface area contributed by atoms with Gasteiger partial charge in [0, 0.05) is 17.8 Å². The summed E-state index contributed by atoms with van der Waals surface area (Å²) >= 11 is 0. The first kappa shape index (κ1) is 18.4. The Labute approximate surface area is 144 Å². The van der Waals surface area contributed by atoms with Crippen LogP contribution >= 0.6 is 0 Å². The fourth-order valence-electron chi connectivity index (χ4n) is 2.23. The molecule has 0 heterocycles. The van der Waals surface area contributed by atoms with Crippen molar-refractivity contribution in [3.8, 4) is 0 Å². The van der Waals surface area contributed by atoms with Gasteiger partial charge in [0.15, 0.2) is 0 Å². The number of primary amides is 1. The Morgan fingerprint density at radius 2 is 1.88 bits per heavy atom. The van der Waals surface area contributed by atoms with Gasteiger partial charge in [0.1, 0.15) is 11.9 Å². The molecule has 2 amide bonds. The normalized spacial score (nSPS) is 12.9. The molecule has 0 bridgehead atoms. The zero-order valence-electron chi connectivity index (χ0n) is 13.7. The summed E-state index contributed by atoms with van der Waals surface area (Å²) in [6.45, 7) is 1.83. The van der Waals surface area contributed by atoms with Crippen molar-refractivity contribution >= 4 is 17.5 Å². The van der Waals surface area contributed by atoms with Crippen LogP contribution in [0.4, 0.5) is 10.1 Å². The maximum absolute atomic E-state index is 12.9. The van der Waals surface area contributed by atoms with Crippen LogP contribution in [0.1, 0.15) is 22.8 Å². The molecule has 0 spiro atoms. The largest absolute Gasteiger partial charge is 0.391 e. The number of benzene rings is 2. The molecule has 6 nitrogen and oxygen atoms in total. The van der Waals surface area contributed by atoms with Gasteiger partial charge >= 0.3 is 0 Å². The summed E-state index contributed by atoms with van der Waals surface area (Å²) in [5, 5.41) is 15.0. The van der Waals surface area contributed by atoms with E-state index >= 15 is 0 Å². The van der Waals surface area contributed by atoms with E-state index in [0.29, 0.717) is 17.8 Å². The molecule has 0 aromatic heterocycles. The molecular formula is C18H20FN3O3. The van der Waals surface area contributed by atoms with E-state index in [-0.39, 0.29) is 5.82 Å².